The van der Waals surface area contributed by atoms with Gasteiger partial charge in [0.25, 0.3) is 0 Å². The summed E-state index contributed by atoms with van der Waals surface area (Å²) in [5.74, 6) is 2.75. The molecule has 4 heteroatoms. The largest absolute Gasteiger partial charge is 0.393 e. The molecular formula is C26H40N2O2. The first-order valence-electron chi connectivity index (χ1n) is 12.2. The zero-order chi connectivity index (χ0) is 21.4. The van der Waals surface area contributed by atoms with Crippen LogP contribution < -0.4 is 0 Å². The summed E-state index contributed by atoms with van der Waals surface area (Å²) in [5.41, 5.74) is 5.06. The molecule has 0 spiro atoms. The minimum Gasteiger partial charge on any atom is -0.393 e. The maximum Gasteiger partial charge on any atom is 0.0809 e. The summed E-state index contributed by atoms with van der Waals surface area (Å²) >= 11 is 0. The second-order valence-corrected chi connectivity index (χ2v) is 11.7. The molecule has 4 aliphatic rings. The highest BCUT2D eigenvalue weighted by Gasteiger charge is 2.61. The first-order valence-corrected chi connectivity index (χ1v) is 12.2. The average molecular weight is 413 g/mol. The summed E-state index contributed by atoms with van der Waals surface area (Å²) in [5, 5.41) is 26.3. The molecule has 4 fully saturated rings. The molecule has 2 N–H and O–H groups in total. The van der Waals surface area contributed by atoms with Gasteiger partial charge in [-0.15, -0.1) is 0 Å². The fourth-order valence-electron chi connectivity index (χ4n) is 8.42. The molecule has 4 saturated carbocycles. The highest BCUT2D eigenvalue weighted by molar-refractivity contribution is 5.59. The summed E-state index contributed by atoms with van der Waals surface area (Å²) in [6, 6.07) is 0. The first kappa shape index (κ1) is 20.8. The zero-order valence-corrected chi connectivity index (χ0v) is 19.5. The molecule has 0 aliphatic heterocycles. The zero-order valence-electron chi connectivity index (χ0n) is 19.5. The van der Waals surface area contributed by atoms with Crippen LogP contribution in [0.25, 0.3) is 6.08 Å². The van der Waals surface area contributed by atoms with E-state index in [1.54, 1.807) is 0 Å². The molecule has 1 heterocycles. The second-order valence-electron chi connectivity index (χ2n) is 11.7. The van der Waals surface area contributed by atoms with E-state index in [2.05, 4.69) is 38.9 Å². The molecular weight excluding hydrogens is 372 g/mol. The Morgan fingerprint density at radius 2 is 1.73 bits per heavy atom. The molecule has 4 aliphatic carbocycles. The lowest BCUT2D eigenvalue weighted by Gasteiger charge is -2.60. The summed E-state index contributed by atoms with van der Waals surface area (Å²) in [6.45, 7) is 9.10. The van der Waals surface area contributed by atoms with Crippen molar-refractivity contribution in [1.82, 2.24) is 9.78 Å². The van der Waals surface area contributed by atoms with Gasteiger partial charge in [0.1, 0.15) is 0 Å². The van der Waals surface area contributed by atoms with E-state index in [0.717, 1.165) is 43.2 Å². The molecule has 1 aromatic rings. The third-order valence-corrected chi connectivity index (χ3v) is 10.4. The number of rotatable bonds is 1. The highest BCUT2D eigenvalue weighted by Crippen LogP contribution is 2.67. The number of aromatic nitrogens is 2. The number of aliphatic hydroxyl groups excluding tert-OH is 2. The summed E-state index contributed by atoms with van der Waals surface area (Å²) in [4.78, 5) is 0. The van der Waals surface area contributed by atoms with Crippen molar-refractivity contribution in [3.8, 4) is 0 Å². The van der Waals surface area contributed by atoms with E-state index in [1.165, 1.54) is 42.5 Å². The van der Waals surface area contributed by atoms with Gasteiger partial charge in [-0.25, -0.2) is 0 Å². The standard InChI is InChI=1S/C26H40N2O2/c1-15-21(16(2)28(5)27-15)12-17-13-23-20-7-6-18-14-19(29)8-10-25(18,3)22(20)9-11-26(23,4)24(17)30/h12,18-20,22-24,29-30H,6-11,13-14H2,1-5H3/b17-12+/t18-,19+,20+,22-,23-,24+,25-,26-/m0/s1. The van der Waals surface area contributed by atoms with Gasteiger partial charge in [-0.2, -0.15) is 5.10 Å². The Bertz CT molecular complexity index is 873. The van der Waals surface area contributed by atoms with E-state index in [4.69, 9.17) is 0 Å². The van der Waals surface area contributed by atoms with Gasteiger partial charge in [-0.05, 0) is 106 Å². The van der Waals surface area contributed by atoms with Crippen LogP contribution in [0.1, 0.15) is 82.2 Å². The molecule has 0 aromatic carbocycles. The number of hydrogen-bond acceptors (Lipinski definition) is 3. The lowest BCUT2D eigenvalue weighted by atomic mass is 9.45. The Labute approximate surface area is 181 Å². The Morgan fingerprint density at radius 1 is 1.00 bits per heavy atom. The van der Waals surface area contributed by atoms with Crippen molar-refractivity contribution in [2.45, 2.75) is 91.3 Å². The van der Waals surface area contributed by atoms with Crippen LogP contribution >= 0.6 is 0 Å². The first-order chi connectivity index (χ1) is 14.1. The fraction of sp³-hybridized carbons (Fsp3) is 0.808. The van der Waals surface area contributed by atoms with E-state index >= 15 is 0 Å². The molecule has 8 atom stereocenters. The number of aryl methyl sites for hydroxylation is 2. The van der Waals surface area contributed by atoms with Gasteiger partial charge in [-0.3, -0.25) is 4.68 Å². The van der Waals surface area contributed by atoms with Crippen molar-refractivity contribution >= 4 is 6.08 Å². The van der Waals surface area contributed by atoms with Gasteiger partial charge in [0, 0.05) is 23.7 Å². The molecule has 0 bridgehead atoms. The topological polar surface area (TPSA) is 58.3 Å². The number of hydrogen-bond donors (Lipinski definition) is 2. The molecule has 30 heavy (non-hydrogen) atoms. The van der Waals surface area contributed by atoms with Crippen molar-refractivity contribution in [3.63, 3.8) is 0 Å². The third-order valence-electron chi connectivity index (χ3n) is 10.4. The second kappa shape index (κ2) is 6.93. The molecule has 0 unspecified atom stereocenters. The van der Waals surface area contributed by atoms with Crippen molar-refractivity contribution in [2.24, 2.45) is 41.5 Å². The van der Waals surface area contributed by atoms with E-state index in [1.807, 2.05) is 11.7 Å². The van der Waals surface area contributed by atoms with Crippen molar-refractivity contribution in [3.05, 3.63) is 22.5 Å². The van der Waals surface area contributed by atoms with Crippen LogP contribution in [0.5, 0.6) is 0 Å². The summed E-state index contributed by atoms with van der Waals surface area (Å²) in [6.07, 6.45) is 11.0. The fourth-order valence-corrected chi connectivity index (χ4v) is 8.42. The van der Waals surface area contributed by atoms with Crippen LogP contribution in [0, 0.1) is 48.3 Å². The molecule has 0 radical (unpaired) electrons. The number of fused-ring (bicyclic) bond motifs is 5. The Hall–Kier alpha value is -1.13. The predicted molar refractivity (Wildman–Crippen MR) is 120 cm³/mol. The maximum atomic E-state index is 11.5. The Kier molecular flexibility index (Phi) is 4.80. The molecule has 166 valence electrons. The van der Waals surface area contributed by atoms with Crippen LogP contribution in [-0.4, -0.2) is 32.2 Å². The van der Waals surface area contributed by atoms with Gasteiger partial charge in [0.15, 0.2) is 0 Å². The minimum absolute atomic E-state index is 0.00833. The molecule has 0 amide bonds. The molecule has 5 rings (SSSR count). The monoisotopic (exact) mass is 412 g/mol. The van der Waals surface area contributed by atoms with Crippen molar-refractivity contribution in [2.75, 3.05) is 0 Å². The van der Waals surface area contributed by atoms with Crippen LogP contribution in [0.2, 0.25) is 0 Å². The molecule has 4 nitrogen and oxygen atoms in total. The van der Waals surface area contributed by atoms with E-state index in [0.29, 0.717) is 17.3 Å². The van der Waals surface area contributed by atoms with Crippen LogP contribution in [0.15, 0.2) is 5.57 Å². The van der Waals surface area contributed by atoms with Crippen molar-refractivity contribution in [1.29, 1.82) is 0 Å². The summed E-state index contributed by atoms with van der Waals surface area (Å²) in [7, 11) is 2.00. The summed E-state index contributed by atoms with van der Waals surface area (Å²) < 4.78 is 1.95. The van der Waals surface area contributed by atoms with E-state index in [9.17, 15) is 10.2 Å². The van der Waals surface area contributed by atoms with E-state index < -0.39 is 0 Å². The smallest absolute Gasteiger partial charge is 0.0809 e. The Morgan fingerprint density at radius 3 is 2.43 bits per heavy atom. The maximum absolute atomic E-state index is 11.5. The average Bonchev–Trinajstić information content (AvgIpc) is 3.10. The van der Waals surface area contributed by atoms with Gasteiger partial charge in [-0.1, -0.05) is 13.8 Å². The Balaban J connectivity index is 1.46. The number of aliphatic hydroxyl groups is 2. The van der Waals surface area contributed by atoms with Gasteiger partial charge in [0.05, 0.1) is 17.9 Å². The normalized spacial score (nSPS) is 47.1. The van der Waals surface area contributed by atoms with Crippen LogP contribution in [0.3, 0.4) is 0 Å². The van der Waals surface area contributed by atoms with Crippen LogP contribution in [0.4, 0.5) is 0 Å². The quantitative estimate of drug-likeness (QED) is 0.697. The van der Waals surface area contributed by atoms with E-state index in [-0.39, 0.29) is 17.6 Å². The predicted octanol–water partition coefficient (Wildman–Crippen LogP) is 4.79. The number of nitrogens with zero attached hydrogens (tertiary/aromatic N) is 2. The minimum atomic E-state index is -0.332. The highest BCUT2D eigenvalue weighted by atomic mass is 16.3. The lowest BCUT2D eigenvalue weighted by molar-refractivity contribution is -0.133. The third kappa shape index (κ3) is 2.82. The van der Waals surface area contributed by atoms with Gasteiger partial charge >= 0.3 is 0 Å². The van der Waals surface area contributed by atoms with Gasteiger partial charge < -0.3 is 10.2 Å². The lowest BCUT2D eigenvalue weighted by Crippen LogP contribution is -2.54. The van der Waals surface area contributed by atoms with Gasteiger partial charge in [0.2, 0.25) is 0 Å². The molecule has 1 aromatic heterocycles. The SMILES string of the molecule is Cc1nn(C)c(C)c1/C=C1\C[C@H]2[C@@H]3CC[C@H]4C[C@H](O)CC[C@]4(C)[C@H]3CC[C@]2(C)[C@@H]1O. The van der Waals surface area contributed by atoms with Crippen molar-refractivity contribution < 1.29 is 10.2 Å². The molecule has 0 saturated heterocycles. The van der Waals surface area contributed by atoms with Crippen LogP contribution in [-0.2, 0) is 7.05 Å².